The van der Waals surface area contributed by atoms with E-state index in [4.69, 9.17) is 16.2 Å². The predicted molar refractivity (Wildman–Crippen MR) is 113 cm³/mol. The van der Waals surface area contributed by atoms with Crippen LogP contribution in [-0.4, -0.2) is 33.8 Å². The molecule has 0 radical (unpaired) electrons. The minimum atomic E-state index is -0.588. The topological polar surface area (TPSA) is 121 Å². The molecule has 0 atom stereocenters. The second-order valence-electron chi connectivity index (χ2n) is 8.21. The highest BCUT2D eigenvalue weighted by Crippen LogP contribution is 2.53. The Balaban J connectivity index is 1.41. The molecule has 1 spiro atoms. The SMILES string of the molecule is NC(=O)c1c(-c2ccc(Oc3ccccc3)nc2)nn(C2CC3(CCNC3)C2)c1N. The minimum Gasteiger partial charge on any atom is -0.439 e. The van der Waals surface area contributed by atoms with Gasteiger partial charge < -0.3 is 21.5 Å². The number of para-hydroxylation sites is 1. The lowest BCUT2D eigenvalue weighted by Gasteiger charge is -2.45. The Kier molecular flexibility index (Phi) is 4.43. The Morgan fingerprint density at radius 1 is 1.20 bits per heavy atom. The number of carbonyl (C=O) groups is 1. The number of hydrogen-bond acceptors (Lipinski definition) is 6. The summed E-state index contributed by atoms with van der Waals surface area (Å²) >= 11 is 0. The lowest BCUT2D eigenvalue weighted by Crippen LogP contribution is -2.40. The molecule has 2 aromatic heterocycles. The summed E-state index contributed by atoms with van der Waals surface area (Å²) in [5.74, 6) is 0.889. The van der Waals surface area contributed by atoms with E-state index in [-0.39, 0.29) is 11.6 Å². The molecule has 1 aliphatic carbocycles. The Morgan fingerprint density at radius 3 is 2.63 bits per heavy atom. The molecule has 1 aromatic carbocycles. The number of nitrogens with zero attached hydrogens (tertiary/aromatic N) is 3. The Bertz CT molecular complexity index is 1060. The number of rotatable bonds is 5. The predicted octanol–water partition coefficient (Wildman–Crippen LogP) is 2.73. The van der Waals surface area contributed by atoms with E-state index in [1.54, 1.807) is 16.9 Å². The third-order valence-electron chi connectivity index (χ3n) is 6.18. The number of nitrogen functional groups attached to an aromatic ring is 1. The van der Waals surface area contributed by atoms with Gasteiger partial charge in [-0.3, -0.25) is 4.79 Å². The largest absolute Gasteiger partial charge is 0.439 e. The van der Waals surface area contributed by atoms with E-state index in [9.17, 15) is 4.79 Å². The second kappa shape index (κ2) is 7.14. The van der Waals surface area contributed by atoms with Crippen molar-refractivity contribution in [3.8, 4) is 22.9 Å². The number of amides is 1. The molecule has 5 rings (SSSR count). The van der Waals surface area contributed by atoms with Crippen LogP contribution in [0.3, 0.4) is 0 Å². The molecule has 0 bridgehead atoms. The van der Waals surface area contributed by atoms with Crippen LogP contribution < -0.4 is 21.5 Å². The van der Waals surface area contributed by atoms with Gasteiger partial charge in [-0.15, -0.1) is 0 Å². The van der Waals surface area contributed by atoms with Crippen molar-refractivity contribution in [2.75, 3.05) is 18.8 Å². The normalized spacial score (nSPS) is 22.7. The van der Waals surface area contributed by atoms with Gasteiger partial charge in [0.1, 0.15) is 22.8 Å². The second-order valence-corrected chi connectivity index (χ2v) is 8.21. The molecule has 154 valence electrons. The monoisotopic (exact) mass is 404 g/mol. The fourth-order valence-electron chi connectivity index (χ4n) is 4.62. The van der Waals surface area contributed by atoms with Gasteiger partial charge in [-0.2, -0.15) is 5.10 Å². The molecule has 2 fully saturated rings. The number of hydrogen-bond donors (Lipinski definition) is 3. The van der Waals surface area contributed by atoms with E-state index in [1.165, 1.54) is 6.42 Å². The molecular formula is C22H24N6O2. The highest BCUT2D eigenvalue weighted by molar-refractivity contribution is 6.03. The summed E-state index contributed by atoms with van der Waals surface area (Å²) in [7, 11) is 0. The molecule has 1 saturated heterocycles. The van der Waals surface area contributed by atoms with Crippen LogP contribution in [0.2, 0.25) is 0 Å². The quantitative estimate of drug-likeness (QED) is 0.601. The van der Waals surface area contributed by atoms with E-state index in [0.29, 0.717) is 34.1 Å². The van der Waals surface area contributed by atoms with Crippen LogP contribution in [0.5, 0.6) is 11.6 Å². The van der Waals surface area contributed by atoms with Crippen LogP contribution in [0.25, 0.3) is 11.3 Å². The summed E-state index contributed by atoms with van der Waals surface area (Å²) in [5, 5.41) is 8.11. The number of nitrogens with two attached hydrogens (primary N) is 2. The van der Waals surface area contributed by atoms with E-state index < -0.39 is 5.91 Å². The molecule has 5 N–H and O–H groups in total. The number of anilines is 1. The van der Waals surface area contributed by atoms with Crippen molar-refractivity contribution in [1.29, 1.82) is 0 Å². The van der Waals surface area contributed by atoms with Crippen molar-refractivity contribution in [3.05, 3.63) is 54.2 Å². The summed E-state index contributed by atoms with van der Waals surface area (Å²) in [6.07, 6.45) is 4.81. The van der Waals surface area contributed by atoms with Gasteiger partial charge in [0.2, 0.25) is 5.88 Å². The molecule has 8 heteroatoms. The number of ether oxygens (including phenoxy) is 1. The van der Waals surface area contributed by atoms with Crippen LogP contribution >= 0.6 is 0 Å². The van der Waals surface area contributed by atoms with Gasteiger partial charge >= 0.3 is 0 Å². The van der Waals surface area contributed by atoms with Crippen molar-refractivity contribution >= 4 is 11.7 Å². The lowest BCUT2D eigenvalue weighted by molar-refractivity contribution is 0.0774. The van der Waals surface area contributed by atoms with Crippen molar-refractivity contribution in [3.63, 3.8) is 0 Å². The average Bonchev–Trinajstić information content (AvgIpc) is 3.33. The summed E-state index contributed by atoms with van der Waals surface area (Å²) in [4.78, 5) is 16.5. The standard InChI is InChI=1S/C22H24N6O2/c23-20-18(21(24)29)19(27-28(20)15-10-22(11-15)8-9-25-13-22)14-6-7-17(26-12-14)30-16-4-2-1-3-5-16/h1-7,12,15,25H,8-11,13,23H2,(H2,24,29). The van der Waals surface area contributed by atoms with Crippen LogP contribution in [0, 0.1) is 5.41 Å². The van der Waals surface area contributed by atoms with Crippen LogP contribution in [0.4, 0.5) is 5.82 Å². The van der Waals surface area contributed by atoms with Crippen molar-refractivity contribution < 1.29 is 9.53 Å². The molecule has 0 unspecified atom stereocenters. The highest BCUT2D eigenvalue weighted by Gasteiger charge is 2.48. The van der Waals surface area contributed by atoms with Crippen LogP contribution in [0.1, 0.15) is 35.7 Å². The van der Waals surface area contributed by atoms with Gasteiger partial charge in [-0.25, -0.2) is 9.67 Å². The summed E-state index contributed by atoms with van der Waals surface area (Å²) in [5.41, 5.74) is 13.7. The average molecular weight is 404 g/mol. The Hall–Kier alpha value is -3.39. The zero-order chi connectivity index (χ0) is 20.7. The first-order valence-corrected chi connectivity index (χ1v) is 10.1. The Morgan fingerprint density at radius 2 is 2.00 bits per heavy atom. The minimum absolute atomic E-state index is 0.186. The molecule has 3 heterocycles. The van der Waals surface area contributed by atoms with E-state index >= 15 is 0 Å². The maximum Gasteiger partial charge on any atom is 0.254 e. The molecule has 1 aliphatic heterocycles. The van der Waals surface area contributed by atoms with Crippen molar-refractivity contribution in [2.45, 2.75) is 25.3 Å². The fourth-order valence-corrected chi connectivity index (χ4v) is 4.62. The number of primary amides is 1. The fraction of sp³-hybridized carbons (Fsp3) is 0.318. The first-order chi connectivity index (χ1) is 14.5. The van der Waals surface area contributed by atoms with Gasteiger partial charge in [-0.05, 0) is 49.4 Å². The van der Waals surface area contributed by atoms with Gasteiger partial charge in [0.25, 0.3) is 5.91 Å². The van der Waals surface area contributed by atoms with Gasteiger partial charge in [0.05, 0.1) is 6.04 Å². The first-order valence-electron chi connectivity index (χ1n) is 10.1. The molecule has 2 aliphatic rings. The lowest BCUT2D eigenvalue weighted by atomic mass is 9.65. The number of nitrogens with one attached hydrogen (secondary N) is 1. The third-order valence-corrected chi connectivity index (χ3v) is 6.18. The summed E-state index contributed by atoms with van der Waals surface area (Å²) in [6, 6.07) is 13.2. The van der Waals surface area contributed by atoms with E-state index in [2.05, 4.69) is 15.4 Å². The molecule has 8 nitrogen and oxygen atoms in total. The number of aromatic nitrogens is 3. The smallest absolute Gasteiger partial charge is 0.254 e. The molecule has 1 amide bonds. The van der Waals surface area contributed by atoms with E-state index in [0.717, 1.165) is 25.9 Å². The zero-order valence-corrected chi connectivity index (χ0v) is 16.5. The maximum atomic E-state index is 12.1. The number of carbonyl (C=O) groups excluding carboxylic acids is 1. The molecule has 1 saturated carbocycles. The van der Waals surface area contributed by atoms with Gasteiger partial charge in [0.15, 0.2) is 0 Å². The number of benzene rings is 1. The molecule has 3 aromatic rings. The summed E-state index contributed by atoms with van der Waals surface area (Å²) in [6.45, 7) is 2.09. The first kappa shape index (κ1) is 18.6. The summed E-state index contributed by atoms with van der Waals surface area (Å²) < 4.78 is 7.51. The zero-order valence-electron chi connectivity index (χ0n) is 16.5. The van der Waals surface area contributed by atoms with Crippen LogP contribution in [0.15, 0.2) is 48.7 Å². The number of pyridine rings is 1. The van der Waals surface area contributed by atoms with Crippen molar-refractivity contribution in [2.24, 2.45) is 11.1 Å². The van der Waals surface area contributed by atoms with E-state index in [1.807, 2.05) is 36.4 Å². The highest BCUT2D eigenvalue weighted by atomic mass is 16.5. The van der Waals surface area contributed by atoms with Crippen LogP contribution in [-0.2, 0) is 0 Å². The maximum absolute atomic E-state index is 12.1. The Labute approximate surface area is 174 Å². The molecular weight excluding hydrogens is 380 g/mol. The molecule has 30 heavy (non-hydrogen) atoms. The van der Waals surface area contributed by atoms with Gasteiger partial charge in [0, 0.05) is 24.4 Å². The third kappa shape index (κ3) is 3.19. The van der Waals surface area contributed by atoms with Gasteiger partial charge in [-0.1, -0.05) is 18.2 Å². The van der Waals surface area contributed by atoms with Crippen molar-refractivity contribution in [1.82, 2.24) is 20.1 Å².